The monoisotopic (exact) mass is 308 g/mol. The second kappa shape index (κ2) is 5.96. The van der Waals surface area contributed by atoms with E-state index in [0.29, 0.717) is 19.0 Å². The molecule has 2 N–H and O–H groups in total. The number of carbonyl (C=O) groups is 1. The average molecular weight is 308 g/mol. The zero-order valence-electron chi connectivity index (χ0n) is 12.0. The number of hydrogen-bond donors (Lipinski definition) is 1. The van der Waals surface area contributed by atoms with Crippen molar-refractivity contribution in [2.45, 2.75) is 19.8 Å². The van der Waals surface area contributed by atoms with E-state index >= 15 is 0 Å². The number of rotatable bonds is 4. The molecule has 1 saturated heterocycles. The van der Waals surface area contributed by atoms with Crippen molar-refractivity contribution in [3.63, 3.8) is 0 Å². The third kappa shape index (κ3) is 2.97. The molecular weight excluding hydrogens is 292 g/mol. The number of nitrogens with zero attached hydrogens (tertiary/aromatic N) is 3. The zero-order chi connectivity index (χ0) is 16.4. The molecular formula is C13H16N4O5. The number of hydrogen-bond acceptors (Lipinski definition) is 6. The average Bonchev–Trinajstić information content (AvgIpc) is 2.46. The van der Waals surface area contributed by atoms with Gasteiger partial charge in [0.2, 0.25) is 0 Å². The number of primary amides is 1. The molecule has 118 valence electrons. The lowest BCUT2D eigenvalue weighted by atomic mass is 9.97. The van der Waals surface area contributed by atoms with Gasteiger partial charge in [-0.05, 0) is 18.8 Å². The van der Waals surface area contributed by atoms with Crippen LogP contribution in [0.15, 0.2) is 12.1 Å². The van der Waals surface area contributed by atoms with Gasteiger partial charge in [-0.2, -0.15) is 0 Å². The molecule has 9 heteroatoms. The molecule has 0 aliphatic carbocycles. The highest BCUT2D eigenvalue weighted by Gasteiger charge is 2.31. The third-order valence-corrected chi connectivity index (χ3v) is 3.85. The molecule has 2 rings (SSSR count). The van der Waals surface area contributed by atoms with Crippen molar-refractivity contribution in [2.75, 3.05) is 18.0 Å². The van der Waals surface area contributed by atoms with Crippen LogP contribution in [-0.4, -0.2) is 28.8 Å². The fourth-order valence-corrected chi connectivity index (χ4v) is 2.60. The van der Waals surface area contributed by atoms with Crippen LogP contribution in [0, 0.1) is 26.1 Å². The number of carbonyl (C=O) groups excluding carboxylic acids is 1. The van der Waals surface area contributed by atoms with Gasteiger partial charge in [0.1, 0.15) is 5.69 Å². The number of nitro benzene ring substituents is 2. The Morgan fingerprint density at radius 1 is 1.23 bits per heavy atom. The van der Waals surface area contributed by atoms with Crippen LogP contribution in [-0.2, 0) is 0 Å². The fraction of sp³-hybridized carbons (Fsp3) is 0.462. The van der Waals surface area contributed by atoms with Crippen LogP contribution in [0.3, 0.4) is 0 Å². The van der Waals surface area contributed by atoms with Crippen LogP contribution in [0.25, 0.3) is 0 Å². The molecule has 1 aromatic rings. The first-order valence-corrected chi connectivity index (χ1v) is 6.82. The van der Waals surface area contributed by atoms with E-state index in [0.717, 1.165) is 25.0 Å². The van der Waals surface area contributed by atoms with E-state index in [-0.39, 0.29) is 11.3 Å². The normalized spacial score (nSPS) is 15.6. The van der Waals surface area contributed by atoms with Gasteiger partial charge in [0.05, 0.1) is 21.5 Å². The van der Waals surface area contributed by atoms with Crippen molar-refractivity contribution in [2.24, 2.45) is 11.7 Å². The number of nitro groups is 2. The van der Waals surface area contributed by atoms with Gasteiger partial charge in [-0.15, -0.1) is 0 Å². The summed E-state index contributed by atoms with van der Waals surface area (Å²) in [5.41, 5.74) is 4.19. The molecule has 1 fully saturated rings. The number of non-ortho nitro benzene ring substituents is 1. The maximum absolute atomic E-state index is 11.6. The minimum atomic E-state index is -0.916. The molecule has 1 heterocycles. The Morgan fingerprint density at radius 2 is 1.82 bits per heavy atom. The molecule has 0 aromatic heterocycles. The Kier molecular flexibility index (Phi) is 4.25. The SMILES string of the molecule is CC1CCN(c2c(C(N)=O)cc([N+](=O)[O-])cc2[N+](=O)[O-])CC1. The topological polar surface area (TPSA) is 133 Å². The Bertz CT molecular complexity index is 602. The van der Waals surface area contributed by atoms with Crippen molar-refractivity contribution in [1.29, 1.82) is 0 Å². The van der Waals surface area contributed by atoms with E-state index in [9.17, 15) is 25.0 Å². The molecule has 9 nitrogen and oxygen atoms in total. The second-order valence-corrected chi connectivity index (χ2v) is 5.41. The van der Waals surface area contributed by atoms with Gasteiger partial charge in [0.25, 0.3) is 17.3 Å². The van der Waals surface area contributed by atoms with Crippen LogP contribution < -0.4 is 10.6 Å². The van der Waals surface area contributed by atoms with Gasteiger partial charge in [-0.25, -0.2) is 0 Å². The molecule has 1 aromatic carbocycles. The summed E-state index contributed by atoms with van der Waals surface area (Å²) in [5.74, 6) is -0.425. The number of nitrogens with two attached hydrogens (primary N) is 1. The highest BCUT2D eigenvalue weighted by molar-refractivity contribution is 6.01. The first-order valence-electron chi connectivity index (χ1n) is 6.82. The first kappa shape index (κ1) is 15.7. The predicted molar refractivity (Wildman–Crippen MR) is 78.9 cm³/mol. The van der Waals surface area contributed by atoms with E-state index in [1.54, 1.807) is 4.90 Å². The molecule has 22 heavy (non-hydrogen) atoms. The van der Waals surface area contributed by atoms with E-state index in [2.05, 4.69) is 6.92 Å². The number of benzene rings is 1. The van der Waals surface area contributed by atoms with Gasteiger partial charge in [0, 0.05) is 19.2 Å². The van der Waals surface area contributed by atoms with E-state index in [1.807, 2.05) is 0 Å². The smallest absolute Gasteiger partial charge is 0.300 e. The lowest BCUT2D eigenvalue weighted by Crippen LogP contribution is -2.35. The standard InChI is InChI=1S/C13H16N4O5/c1-8-2-4-15(5-3-8)12-10(13(14)18)6-9(16(19)20)7-11(12)17(21)22/h6-8H,2-5H2,1H3,(H2,14,18). The van der Waals surface area contributed by atoms with E-state index < -0.39 is 27.1 Å². The summed E-state index contributed by atoms with van der Waals surface area (Å²) in [6, 6.07) is 1.88. The number of amides is 1. The van der Waals surface area contributed by atoms with Crippen molar-refractivity contribution in [1.82, 2.24) is 0 Å². The van der Waals surface area contributed by atoms with Crippen LogP contribution >= 0.6 is 0 Å². The molecule has 0 unspecified atom stereocenters. The summed E-state index contributed by atoms with van der Waals surface area (Å²) < 4.78 is 0. The quantitative estimate of drug-likeness (QED) is 0.666. The zero-order valence-corrected chi connectivity index (χ0v) is 12.0. The Morgan fingerprint density at radius 3 is 2.27 bits per heavy atom. The summed E-state index contributed by atoms with van der Waals surface area (Å²) in [5, 5.41) is 22.2. The first-order chi connectivity index (χ1) is 10.3. The number of anilines is 1. The van der Waals surface area contributed by atoms with Gasteiger partial charge in [0.15, 0.2) is 0 Å². The Labute approximate surface area is 126 Å². The minimum absolute atomic E-state index is 0.0787. The van der Waals surface area contributed by atoms with Gasteiger partial charge < -0.3 is 10.6 Å². The van der Waals surface area contributed by atoms with E-state index in [1.165, 1.54) is 0 Å². The number of piperidine rings is 1. The Hall–Kier alpha value is -2.71. The van der Waals surface area contributed by atoms with Gasteiger partial charge in [-0.3, -0.25) is 25.0 Å². The molecule has 0 spiro atoms. The molecule has 0 radical (unpaired) electrons. The van der Waals surface area contributed by atoms with E-state index in [4.69, 9.17) is 5.73 Å². The van der Waals surface area contributed by atoms with Crippen LogP contribution in [0.2, 0.25) is 0 Å². The highest BCUT2D eigenvalue weighted by atomic mass is 16.6. The molecule has 1 amide bonds. The summed E-state index contributed by atoms with van der Waals surface area (Å²) in [6.07, 6.45) is 1.65. The minimum Gasteiger partial charge on any atom is -0.366 e. The van der Waals surface area contributed by atoms with Crippen molar-refractivity contribution < 1.29 is 14.6 Å². The molecule has 0 bridgehead atoms. The second-order valence-electron chi connectivity index (χ2n) is 5.41. The maximum atomic E-state index is 11.6. The van der Waals surface area contributed by atoms with Crippen LogP contribution in [0.4, 0.5) is 17.1 Å². The molecule has 1 aliphatic rings. The lowest BCUT2D eigenvalue weighted by Gasteiger charge is -2.32. The largest absolute Gasteiger partial charge is 0.366 e. The lowest BCUT2D eigenvalue weighted by molar-refractivity contribution is -0.393. The van der Waals surface area contributed by atoms with Crippen LogP contribution in [0.5, 0.6) is 0 Å². The molecule has 1 aliphatic heterocycles. The molecule has 0 atom stereocenters. The van der Waals surface area contributed by atoms with Crippen molar-refractivity contribution >= 4 is 23.0 Å². The fourth-order valence-electron chi connectivity index (χ4n) is 2.60. The van der Waals surface area contributed by atoms with Crippen molar-refractivity contribution in [3.05, 3.63) is 37.9 Å². The van der Waals surface area contributed by atoms with Crippen molar-refractivity contribution in [3.8, 4) is 0 Å². The summed E-state index contributed by atoms with van der Waals surface area (Å²) in [7, 11) is 0. The Balaban J connectivity index is 2.61. The maximum Gasteiger partial charge on any atom is 0.300 e. The predicted octanol–water partition coefficient (Wildman–Crippen LogP) is 1.84. The third-order valence-electron chi connectivity index (χ3n) is 3.85. The van der Waals surface area contributed by atoms with Crippen LogP contribution in [0.1, 0.15) is 30.1 Å². The summed E-state index contributed by atoms with van der Waals surface area (Å²) in [6.45, 7) is 3.16. The highest BCUT2D eigenvalue weighted by Crippen LogP contribution is 2.37. The van der Waals surface area contributed by atoms with Gasteiger partial charge >= 0.3 is 0 Å². The molecule has 0 saturated carbocycles. The van der Waals surface area contributed by atoms with Gasteiger partial charge in [-0.1, -0.05) is 6.92 Å². The summed E-state index contributed by atoms with van der Waals surface area (Å²) in [4.78, 5) is 34.0. The summed E-state index contributed by atoms with van der Waals surface area (Å²) >= 11 is 0.